The Morgan fingerprint density at radius 3 is 2.96 bits per heavy atom. The second-order valence-electron chi connectivity index (χ2n) is 6.26. The van der Waals surface area contributed by atoms with Crippen molar-refractivity contribution in [3.05, 3.63) is 52.3 Å². The van der Waals surface area contributed by atoms with Crippen molar-refractivity contribution in [2.75, 3.05) is 19.6 Å². The highest BCUT2D eigenvalue weighted by molar-refractivity contribution is 7.07. The van der Waals surface area contributed by atoms with Gasteiger partial charge in [-0.25, -0.2) is 4.98 Å². The predicted molar refractivity (Wildman–Crippen MR) is 90.1 cm³/mol. The van der Waals surface area contributed by atoms with Gasteiger partial charge in [-0.15, -0.1) is 0 Å². The lowest BCUT2D eigenvalue weighted by Gasteiger charge is -2.34. The zero-order valence-corrected chi connectivity index (χ0v) is 14.0. The Hall–Kier alpha value is -1.92. The van der Waals surface area contributed by atoms with E-state index in [4.69, 9.17) is 0 Å². The third-order valence-corrected chi connectivity index (χ3v) is 5.35. The van der Waals surface area contributed by atoms with Gasteiger partial charge in [0.1, 0.15) is 0 Å². The molecule has 0 radical (unpaired) electrons. The number of hydrogen-bond donors (Lipinski definition) is 0. The number of imidazole rings is 1. The van der Waals surface area contributed by atoms with Crippen molar-refractivity contribution in [2.45, 2.75) is 19.0 Å². The molecule has 6 heteroatoms. The molecule has 0 aromatic carbocycles. The van der Waals surface area contributed by atoms with Crippen LogP contribution in [0, 0.1) is 0 Å². The lowest BCUT2D eigenvalue weighted by molar-refractivity contribution is -0.132. The van der Waals surface area contributed by atoms with Crippen LogP contribution >= 0.6 is 11.3 Å². The first-order chi connectivity index (χ1) is 11.2. The van der Waals surface area contributed by atoms with E-state index in [0.29, 0.717) is 0 Å². The van der Waals surface area contributed by atoms with Gasteiger partial charge in [-0.1, -0.05) is 12.2 Å². The molecule has 0 unspecified atom stereocenters. The van der Waals surface area contributed by atoms with E-state index in [2.05, 4.69) is 38.9 Å². The first kappa shape index (κ1) is 14.7. The summed E-state index contributed by atoms with van der Waals surface area (Å²) in [6.07, 6.45) is 5.96. The maximum atomic E-state index is 13.0. The van der Waals surface area contributed by atoms with E-state index >= 15 is 0 Å². The lowest BCUT2D eigenvalue weighted by Crippen LogP contribution is -2.43. The number of carbonyl (C=O) groups is 1. The van der Waals surface area contributed by atoms with Gasteiger partial charge < -0.3 is 9.47 Å². The van der Waals surface area contributed by atoms with Gasteiger partial charge in [0.25, 0.3) is 0 Å². The van der Waals surface area contributed by atoms with E-state index in [1.165, 1.54) is 5.56 Å². The summed E-state index contributed by atoms with van der Waals surface area (Å²) in [5.74, 6) is 0.0969. The van der Waals surface area contributed by atoms with Crippen molar-refractivity contribution in [3.63, 3.8) is 0 Å². The second kappa shape index (κ2) is 5.94. The van der Waals surface area contributed by atoms with E-state index in [1.807, 2.05) is 22.8 Å². The van der Waals surface area contributed by atoms with E-state index in [1.54, 1.807) is 11.3 Å². The molecule has 0 N–H and O–H groups in total. The van der Waals surface area contributed by atoms with Crippen LogP contribution in [-0.2, 0) is 24.9 Å². The van der Waals surface area contributed by atoms with E-state index in [0.717, 1.165) is 44.1 Å². The first-order valence-electron chi connectivity index (χ1n) is 7.89. The summed E-state index contributed by atoms with van der Waals surface area (Å²) in [7, 11) is 1.99. The Labute approximate surface area is 139 Å². The molecule has 4 rings (SSSR count). The molecular weight excluding hydrogens is 308 g/mol. The number of fused-ring (bicyclic) bond motifs is 1. The van der Waals surface area contributed by atoms with Gasteiger partial charge in [-0.3, -0.25) is 9.69 Å². The van der Waals surface area contributed by atoms with Gasteiger partial charge in [-0.05, 0) is 22.4 Å². The van der Waals surface area contributed by atoms with Crippen LogP contribution in [0.3, 0.4) is 0 Å². The van der Waals surface area contributed by atoms with Crippen molar-refractivity contribution in [1.82, 2.24) is 19.4 Å². The quantitative estimate of drug-likeness (QED) is 0.809. The number of aromatic nitrogens is 2. The molecule has 2 aliphatic rings. The van der Waals surface area contributed by atoms with E-state index in [9.17, 15) is 4.79 Å². The highest BCUT2D eigenvalue weighted by atomic mass is 32.1. The van der Waals surface area contributed by atoms with E-state index < -0.39 is 0 Å². The number of thiophene rings is 1. The summed E-state index contributed by atoms with van der Waals surface area (Å²) >= 11 is 1.72. The van der Waals surface area contributed by atoms with Crippen LogP contribution in [-0.4, -0.2) is 44.9 Å². The van der Waals surface area contributed by atoms with Crippen LogP contribution in [0.5, 0.6) is 0 Å². The molecule has 2 aliphatic heterocycles. The van der Waals surface area contributed by atoms with Gasteiger partial charge >= 0.3 is 0 Å². The smallest absolute Gasteiger partial charge is 0.233 e. The van der Waals surface area contributed by atoms with Crippen molar-refractivity contribution < 1.29 is 4.79 Å². The highest BCUT2D eigenvalue weighted by Gasteiger charge is 2.36. The Morgan fingerprint density at radius 2 is 2.22 bits per heavy atom. The zero-order valence-electron chi connectivity index (χ0n) is 13.2. The third-order valence-electron chi connectivity index (χ3n) is 4.62. The molecule has 0 bridgehead atoms. The number of aryl methyl sites for hydroxylation is 1. The van der Waals surface area contributed by atoms with Crippen LogP contribution in [0.1, 0.15) is 22.9 Å². The molecule has 0 fully saturated rings. The van der Waals surface area contributed by atoms with Crippen LogP contribution in [0.15, 0.2) is 35.3 Å². The Kier molecular flexibility index (Phi) is 3.79. The molecule has 1 atom stereocenters. The van der Waals surface area contributed by atoms with Gasteiger partial charge in [0.05, 0.1) is 23.6 Å². The molecule has 2 aromatic rings. The molecular formula is C17H20N4OS. The SMILES string of the molecule is Cn1cnc2c1[C@@H](C(=O)N1CC=CC1)CN(Cc1ccsc1)C2. The van der Waals surface area contributed by atoms with Gasteiger partial charge in [0.15, 0.2) is 0 Å². The number of nitrogens with zero attached hydrogens (tertiary/aromatic N) is 4. The monoisotopic (exact) mass is 328 g/mol. The Morgan fingerprint density at radius 1 is 1.39 bits per heavy atom. The third kappa shape index (κ3) is 2.72. The fourth-order valence-electron chi connectivity index (χ4n) is 3.51. The number of amides is 1. The predicted octanol–water partition coefficient (Wildman–Crippen LogP) is 1.98. The lowest BCUT2D eigenvalue weighted by atomic mass is 9.96. The number of rotatable bonds is 3. The van der Waals surface area contributed by atoms with Gasteiger partial charge in [0.2, 0.25) is 5.91 Å². The van der Waals surface area contributed by atoms with E-state index in [-0.39, 0.29) is 11.8 Å². The van der Waals surface area contributed by atoms with Crippen molar-refractivity contribution in [2.24, 2.45) is 7.05 Å². The van der Waals surface area contributed by atoms with Gasteiger partial charge in [0, 0.05) is 39.8 Å². The average molecular weight is 328 g/mol. The average Bonchev–Trinajstić information content (AvgIpc) is 3.28. The molecule has 1 amide bonds. The summed E-state index contributed by atoms with van der Waals surface area (Å²) in [5.41, 5.74) is 3.44. The molecule has 2 aromatic heterocycles. The zero-order chi connectivity index (χ0) is 15.8. The van der Waals surface area contributed by atoms with Crippen molar-refractivity contribution in [1.29, 1.82) is 0 Å². The summed E-state index contributed by atoms with van der Waals surface area (Å²) in [6, 6.07) is 2.15. The van der Waals surface area contributed by atoms with Crippen molar-refractivity contribution >= 4 is 17.2 Å². The largest absolute Gasteiger partial charge is 0.337 e. The molecule has 0 saturated carbocycles. The van der Waals surface area contributed by atoms with Crippen LogP contribution in [0.2, 0.25) is 0 Å². The minimum Gasteiger partial charge on any atom is -0.337 e. The molecule has 0 aliphatic carbocycles. The molecule has 0 spiro atoms. The van der Waals surface area contributed by atoms with Crippen LogP contribution < -0.4 is 0 Å². The molecule has 5 nitrogen and oxygen atoms in total. The van der Waals surface area contributed by atoms with Crippen LogP contribution in [0.4, 0.5) is 0 Å². The summed E-state index contributed by atoms with van der Waals surface area (Å²) in [4.78, 5) is 21.8. The summed E-state index contributed by atoms with van der Waals surface area (Å²) < 4.78 is 2.02. The summed E-state index contributed by atoms with van der Waals surface area (Å²) in [6.45, 7) is 3.91. The van der Waals surface area contributed by atoms with Gasteiger partial charge in [-0.2, -0.15) is 11.3 Å². The minimum atomic E-state index is -0.121. The highest BCUT2D eigenvalue weighted by Crippen LogP contribution is 2.30. The van der Waals surface area contributed by atoms with Crippen LogP contribution in [0.25, 0.3) is 0 Å². The first-order valence-corrected chi connectivity index (χ1v) is 8.84. The second-order valence-corrected chi connectivity index (χ2v) is 7.04. The number of hydrogen-bond acceptors (Lipinski definition) is 4. The topological polar surface area (TPSA) is 41.4 Å². The molecule has 0 saturated heterocycles. The maximum Gasteiger partial charge on any atom is 0.233 e. The molecule has 23 heavy (non-hydrogen) atoms. The minimum absolute atomic E-state index is 0.121. The maximum absolute atomic E-state index is 13.0. The molecule has 120 valence electrons. The standard InChI is InChI=1S/C17H20N4OS/c1-19-12-18-15-10-20(8-13-4-7-23-11-13)9-14(16(15)19)17(22)21-5-2-3-6-21/h2-4,7,11-12,14H,5-6,8-10H2,1H3/t14-/m0/s1. The Bertz CT molecular complexity index is 726. The Balaban J connectivity index is 1.60. The van der Waals surface area contributed by atoms with Crippen molar-refractivity contribution in [3.8, 4) is 0 Å². The fourth-order valence-corrected chi connectivity index (χ4v) is 4.17. The fraction of sp³-hybridized carbons (Fsp3) is 0.412. The molecule has 4 heterocycles. The summed E-state index contributed by atoms with van der Waals surface area (Å²) in [5, 5.41) is 4.28. The normalized spacial score (nSPS) is 20.9. The number of carbonyl (C=O) groups excluding carboxylic acids is 1.